The Bertz CT molecular complexity index is 631. The van der Waals surface area contributed by atoms with Crippen LogP contribution >= 0.6 is 15.9 Å². The van der Waals surface area contributed by atoms with Crippen LogP contribution in [0.1, 0.15) is 34.0 Å². The van der Waals surface area contributed by atoms with Crippen molar-refractivity contribution >= 4 is 21.8 Å². The number of halogens is 1. The van der Waals surface area contributed by atoms with Gasteiger partial charge in [0.2, 0.25) is 0 Å². The summed E-state index contributed by atoms with van der Waals surface area (Å²) < 4.78 is 0.930. The molecule has 0 radical (unpaired) electrons. The fourth-order valence-electron chi connectivity index (χ4n) is 2.39. The molecule has 0 saturated heterocycles. The van der Waals surface area contributed by atoms with Crippen LogP contribution in [0, 0.1) is 13.8 Å². The number of carbonyl (C=O) groups is 1. The lowest BCUT2D eigenvalue weighted by Gasteiger charge is -2.16. The highest BCUT2D eigenvalue weighted by Gasteiger charge is 2.12. The van der Waals surface area contributed by atoms with Gasteiger partial charge < -0.3 is 5.32 Å². The van der Waals surface area contributed by atoms with Gasteiger partial charge in [0, 0.05) is 16.1 Å². The van der Waals surface area contributed by atoms with Crippen LogP contribution in [-0.4, -0.2) is 11.9 Å². The summed E-state index contributed by atoms with van der Waals surface area (Å²) in [4.78, 5) is 12.3. The van der Waals surface area contributed by atoms with Gasteiger partial charge in [0.1, 0.15) is 0 Å². The van der Waals surface area contributed by atoms with Crippen molar-refractivity contribution in [3.8, 4) is 0 Å². The Morgan fingerprint density at radius 1 is 1.19 bits per heavy atom. The minimum absolute atomic E-state index is 0.0273. The van der Waals surface area contributed by atoms with Crippen molar-refractivity contribution in [1.29, 1.82) is 0 Å². The van der Waals surface area contributed by atoms with Crippen molar-refractivity contribution in [2.24, 2.45) is 0 Å². The summed E-state index contributed by atoms with van der Waals surface area (Å²) in [5, 5.41) is 3.07. The standard InChI is InChI=1S/C18H20BrNO/c1-12-8-16(11-17(19)9-12)18(21)20-14(3)10-15-7-5-4-6-13(15)2/h4-9,11,14H,10H2,1-3H3,(H,20,21). The Balaban J connectivity index is 2.04. The van der Waals surface area contributed by atoms with E-state index in [9.17, 15) is 4.79 Å². The third-order valence-electron chi connectivity index (χ3n) is 3.47. The first-order chi connectivity index (χ1) is 9.95. The second kappa shape index (κ2) is 6.90. The van der Waals surface area contributed by atoms with Crippen LogP contribution in [0.15, 0.2) is 46.9 Å². The third-order valence-corrected chi connectivity index (χ3v) is 3.93. The zero-order valence-corrected chi connectivity index (χ0v) is 14.2. The zero-order valence-electron chi connectivity index (χ0n) is 12.6. The van der Waals surface area contributed by atoms with Crippen LogP contribution in [-0.2, 0) is 6.42 Å². The second-order valence-electron chi connectivity index (χ2n) is 5.52. The van der Waals surface area contributed by atoms with Crippen molar-refractivity contribution in [1.82, 2.24) is 5.32 Å². The van der Waals surface area contributed by atoms with Crippen molar-refractivity contribution in [2.75, 3.05) is 0 Å². The molecule has 1 unspecified atom stereocenters. The van der Waals surface area contributed by atoms with Gasteiger partial charge in [0.25, 0.3) is 5.91 Å². The van der Waals surface area contributed by atoms with Gasteiger partial charge in [-0.1, -0.05) is 40.2 Å². The average molecular weight is 346 g/mol. The van der Waals surface area contributed by atoms with Crippen molar-refractivity contribution < 1.29 is 4.79 Å². The van der Waals surface area contributed by atoms with E-state index < -0.39 is 0 Å². The van der Waals surface area contributed by atoms with Crippen LogP contribution in [0.25, 0.3) is 0 Å². The maximum absolute atomic E-state index is 12.3. The quantitative estimate of drug-likeness (QED) is 0.872. The van der Waals surface area contributed by atoms with Gasteiger partial charge >= 0.3 is 0 Å². The second-order valence-corrected chi connectivity index (χ2v) is 6.44. The third kappa shape index (κ3) is 4.43. The number of nitrogens with one attached hydrogen (secondary N) is 1. The van der Waals surface area contributed by atoms with Crippen molar-refractivity contribution in [3.05, 3.63) is 69.2 Å². The summed E-state index contributed by atoms with van der Waals surface area (Å²) in [7, 11) is 0. The lowest BCUT2D eigenvalue weighted by atomic mass is 10.0. The molecule has 1 N–H and O–H groups in total. The Morgan fingerprint density at radius 2 is 1.90 bits per heavy atom. The van der Waals surface area contributed by atoms with Crippen molar-refractivity contribution in [2.45, 2.75) is 33.2 Å². The molecule has 0 aliphatic heterocycles. The largest absolute Gasteiger partial charge is 0.349 e. The fraction of sp³-hybridized carbons (Fsp3) is 0.278. The minimum atomic E-state index is -0.0273. The van der Waals surface area contributed by atoms with E-state index in [1.54, 1.807) is 0 Å². The summed E-state index contributed by atoms with van der Waals surface area (Å²) in [6.07, 6.45) is 0.839. The number of benzene rings is 2. The molecule has 0 saturated carbocycles. The molecule has 21 heavy (non-hydrogen) atoms. The number of rotatable bonds is 4. The van der Waals surface area contributed by atoms with Gasteiger partial charge in [-0.3, -0.25) is 4.79 Å². The smallest absolute Gasteiger partial charge is 0.251 e. The molecule has 0 aliphatic carbocycles. The maximum atomic E-state index is 12.3. The zero-order chi connectivity index (χ0) is 15.4. The van der Waals surface area contributed by atoms with Crippen LogP contribution in [0.2, 0.25) is 0 Å². The van der Waals surface area contributed by atoms with Crippen molar-refractivity contribution in [3.63, 3.8) is 0 Å². The molecule has 110 valence electrons. The van der Waals surface area contributed by atoms with Crippen LogP contribution < -0.4 is 5.32 Å². The highest BCUT2D eigenvalue weighted by atomic mass is 79.9. The van der Waals surface area contributed by atoms with E-state index in [4.69, 9.17) is 0 Å². The molecule has 1 atom stereocenters. The summed E-state index contributed by atoms with van der Waals surface area (Å²) in [5.74, 6) is -0.0273. The molecule has 0 fully saturated rings. The van der Waals surface area contributed by atoms with Gasteiger partial charge in [-0.25, -0.2) is 0 Å². The molecule has 2 nitrogen and oxygen atoms in total. The molecular formula is C18H20BrNO. The van der Waals surface area contributed by atoms with Gasteiger partial charge in [0.05, 0.1) is 0 Å². The molecule has 0 heterocycles. The van der Waals surface area contributed by atoms with E-state index in [-0.39, 0.29) is 11.9 Å². The van der Waals surface area contributed by atoms with Gasteiger partial charge in [-0.15, -0.1) is 0 Å². The first-order valence-electron chi connectivity index (χ1n) is 7.08. The van der Waals surface area contributed by atoms with E-state index >= 15 is 0 Å². The fourth-order valence-corrected chi connectivity index (χ4v) is 3.00. The molecule has 0 aliphatic rings. The molecule has 2 aromatic carbocycles. The molecule has 1 amide bonds. The SMILES string of the molecule is Cc1cc(Br)cc(C(=O)NC(C)Cc2ccccc2C)c1. The summed E-state index contributed by atoms with van der Waals surface area (Å²) in [6, 6.07) is 14.1. The summed E-state index contributed by atoms with van der Waals surface area (Å²) >= 11 is 3.43. The molecule has 0 aromatic heterocycles. The van der Waals surface area contributed by atoms with Gasteiger partial charge in [-0.05, 0) is 62.1 Å². The highest BCUT2D eigenvalue weighted by molar-refractivity contribution is 9.10. The Kier molecular flexibility index (Phi) is 5.18. The van der Waals surface area contributed by atoms with E-state index in [1.807, 2.05) is 44.2 Å². The first-order valence-corrected chi connectivity index (χ1v) is 7.87. The predicted octanol–water partition coefficient (Wildman–Crippen LogP) is 4.43. The summed E-state index contributed by atoms with van der Waals surface area (Å²) in [5.41, 5.74) is 4.30. The monoisotopic (exact) mass is 345 g/mol. The van der Waals surface area contributed by atoms with E-state index in [0.717, 1.165) is 16.5 Å². The Morgan fingerprint density at radius 3 is 2.57 bits per heavy atom. The normalized spacial score (nSPS) is 12.0. The number of hydrogen-bond donors (Lipinski definition) is 1. The Hall–Kier alpha value is -1.61. The van der Waals surface area contributed by atoms with Gasteiger partial charge in [0.15, 0.2) is 0 Å². The molecular weight excluding hydrogens is 326 g/mol. The minimum Gasteiger partial charge on any atom is -0.349 e. The predicted molar refractivity (Wildman–Crippen MR) is 90.7 cm³/mol. The molecule has 0 spiro atoms. The number of amides is 1. The number of carbonyl (C=O) groups excluding carboxylic acids is 1. The van der Waals surface area contributed by atoms with Crippen LogP contribution in [0.5, 0.6) is 0 Å². The van der Waals surface area contributed by atoms with E-state index in [1.165, 1.54) is 11.1 Å². The molecule has 2 rings (SSSR count). The average Bonchev–Trinajstić information content (AvgIpc) is 2.40. The maximum Gasteiger partial charge on any atom is 0.251 e. The number of aryl methyl sites for hydroxylation is 2. The van der Waals surface area contributed by atoms with Gasteiger partial charge in [-0.2, -0.15) is 0 Å². The highest BCUT2D eigenvalue weighted by Crippen LogP contribution is 2.16. The first kappa shape index (κ1) is 15.8. The van der Waals surface area contributed by atoms with Crippen LogP contribution in [0.3, 0.4) is 0 Å². The Labute approximate surface area is 134 Å². The molecule has 3 heteroatoms. The lowest BCUT2D eigenvalue weighted by molar-refractivity contribution is 0.0940. The van der Waals surface area contributed by atoms with E-state index in [0.29, 0.717) is 5.56 Å². The topological polar surface area (TPSA) is 29.1 Å². The van der Waals surface area contributed by atoms with E-state index in [2.05, 4.69) is 40.3 Å². The molecule has 0 bridgehead atoms. The van der Waals surface area contributed by atoms with Crippen LogP contribution in [0.4, 0.5) is 0 Å². The summed E-state index contributed by atoms with van der Waals surface area (Å²) in [6.45, 7) is 6.12. The number of hydrogen-bond acceptors (Lipinski definition) is 1. The molecule has 2 aromatic rings. The lowest BCUT2D eigenvalue weighted by Crippen LogP contribution is -2.34.